The van der Waals surface area contributed by atoms with E-state index in [1.54, 1.807) is 18.9 Å². The third-order valence-electron chi connectivity index (χ3n) is 13.5. The zero-order chi connectivity index (χ0) is 48.3. The van der Waals surface area contributed by atoms with Crippen molar-refractivity contribution in [2.24, 2.45) is 32.2 Å². The highest BCUT2D eigenvalue weighted by molar-refractivity contribution is 6.01. The fourth-order valence-corrected chi connectivity index (χ4v) is 10.00. The third kappa shape index (κ3) is 8.22. The highest BCUT2D eigenvalue weighted by Gasteiger charge is 2.34. The highest BCUT2D eigenvalue weighted by Crippen LogP contribution is 2.44. The van der Waals surface area contributed by atoms with Gasteiger partial charge in [-0.1, -0.05) is 12.8 Å². The standard InChI is InChI=1S/C45H53F2N13O8/c1-22-20-67-40-34-24(38(61)26(42(63)64)18-59(22)34)15-28(46)36(40)56-9-7-55(8-10-56)33(49)17-32(48)52-30-5-3-4-6-31(30)53-44(50)54-45(51)58-13-11-57(12-14-58)37-29(47)16-25-35-41(37)68-21-23(2)60(35)19-27(39(25)62)43(65)66/h15-16,18-19,22-23,30-31,49H,3-14,17,20-21H2,1-2H3,(H2,48,52)(H,63,64)(H,65,66)(H4,50,51,53,54). The molecule has 21 nitrogen and oxygen atoms in total. The number of aromatic nitrogens is 2. The Labute approximate surface area is 387 Å². The topological polar surface area (TPSA) is 289 Å². The molecule has 23 heteroatoms. The van der Waals surface area contributed by atoms with Crippen LogP contribution in [0.15, 0.2) is 49.1 Å². The predicted octanol–water partition coefficient (Wildman–Crippen LogP) is 2.51. The van der Waals surface area contributed by atoms with Crippen molar-refractivity contribution in [1.29, 1.82) is 5.41 Å². The number of aliphatic imine (C=N–C) groups is 3. The summed E-state index contributed by atoms with van der Waals surface area (Å²) in [6.07, 6.45) is 5.85. The summed E-state index contributed by atoms with van der Waals surface area (Å²) >= 11 is 0. The first-order valence-corrected chi connectivity index (χ1v) is 22.6. The first-order chi connectivity index (χ1) is 32.5. The maximum Gasteiger partial charge on any atom is 0.341 e. The van der Waals surface area contributed by atoms with Crippen molar-refractivity contribution in [2.45, 2.75) is 70.1 Å². The van der Waals surface area contributed by atoms with E-state index in [2.05, 4.69) is 4.99 Å². The predicted molar refractivity (Wildman–Crippen MR) is 251 cm³/mol. The Hall–Kier alpha value is -7.46. The van der Waals surface area contributed by atoms with E-state index in [0.29, 0.717) is 76.2 Å². The van der Waals surface area contributed by atoms with Crippen LogP contribution in [0.5, 0.6) is 11.5 Å². The lowest BCUT2D eigenvalue weighted by molar-refractivity contribution is 0.0683. The second kappa shape index (κ2) is 18.0. The molecule has 9 rings (SSSR count). The molecule has 0 radical (unpaired) electrons. The van der Waals surface area contributed by atoms with Crippen molar-refractivity contribution < 1.29 is 38.1 Å². The van der Waals surface area contributed by atoms with Gasteiger partial charge in [0.15, 0.2) is 29.1 Å². The number of nitrogens with one attached hydrogen (secondary N) is 1. The summed E-state index contributed by atoms with van der Waals surface area (Å²) in [5, 5.41) is 28.0. The van der Waals surface area contributed by atoms with Crippen LogP contribution in [0.2, 0.25) is 0 Å². The van der Waals surface area contributed by atoms with E-state index >= 15 is 8.78 Å². The molecule has 3 fully saturated rings. The number of hydrogen-bond donors (Lipinski definition) is 6. The van der Waals surface area contributed by atoms with Gasteiger partial charge in [-0.3, -0.25) is 20.0 Å². The van der Waals surface area contributed by atoms with Gasteiger partial charge in [0.2, 0.25) is 16.8 Å². The minimum absolute atomic E-state index is 0.0300. The number of carboxylic acid groups (broad SMARTS) is 2. The molecular weight excluding hydrogens is 889 g/mol. The molecule has 68 heavy (non-hydrogen) atoms. The number of nitrogens with zero attached hydrogens (tertiary/aromatic N) is 9. The first-order valence-electron chi connectivity index (χ1n) is 22.6. The van der Waals surface area contributed by atoms with Gasteiger partial charge >= 0.3 is 11.9 Å². The lowest BCUT2D eigenvalue weighted by Crippen LogP contribution is -2.52. The summed E-state index contributed by atoms with van der Waals surface area (Å²) in [5.41, 5.74) is 17.9. The summed E-state index contributed by atoms with van der Waals surface area (Å²) in [6, 6.07) is 0.953. The summed E-state index contributed by atoms with van der Waals surface area (Å²) in [5.74, 6) is -3.18. The van der Waals surface area contributed by atoms with E-state index in [0.717, 1.165) is 25.0 Å². The van der Waals surface area contributed by atoms with Gasteiger partial charge < -0.3 is 65.6 Å². The van der Waals surface area contributed by atoms with Crippen LogP contribution in [0.25, 0.3) is 21.8 Å². The number of carbonyl (C=O) groups is 2. The average Bonchev–Trinajstić information content (AvgIpc) is 3.30. The lowest BCUT2D eigenvalue weighted by atomic mass is 9.91. The van der Waals surface area contributed by atoms with Gasteiger partial charge in [-0.15, -0.1) is 0 Å². The van der Waals surface area contributed by atoms with Crippen LogP contribution in [0.1, 0.15) is 78.8 Å². The summed E-state index contributed by atoms with van der Waals surface area (Å²) in [6.45, 7) is 6.74. The van der Waals surface area contributed by atoms with Crippen molar-refractivity contribution in [3.05, 3.63) is 67.7 Å². The van der Waals surface area contributed by atoms with Gasteiger partial charge in [0, 0.05) is 64.8 Å². The molecule has 0 bridgehead atoms. The quantitative estimate of drug-likeness (QED) is 0.109. The van der Waals surface area contributed by atoms with Gasteiger partial charge in [-0.2, -0.15) is 4.99 Å². The minimum Gasteiger partial charge on any atom is -0.487 e. The number of amidine groups is 2. The lowest BCUT2D eigenvalue weighted by Gasteiger charge is -2.39. The summed E-state index contributed by atoms with van der Waals surface area (Å²) in [7, 11) is 0. The molecule has 6 heterocycles. The zero-order valence-corrected chi connectivity index (χ0v) is 37.6. The molecule has 5 aliphatic rings. The second-order valence-electron chi connectivity index (χ2n) is 17.9. The fraction of sp³-hybridized carbons (Fsp3) is 0.467. The number of nitrogens with two attached hydrogens (primary N) is 3. The van der Waals surface area contributed by atoms with Crippen LogP contribution >= 0.6 is 0 Å². The highest BCUT2D eigenvalue weighted by atomic mass is 19.1. The Kier molecular flexibility index (Phi) is 12.1. The van der Waals surface area contributed by atoms with Crippen molar-refractivity contribution in [3.8, 4) is 11.5 Å². The molecule has 1 saturated carbocycles. The van der Waals surface area contributed by atoms with E-state index < -0.39 is 45.6 Å². The summed E-state index contributed by atoms with van der Waals surface area (Å²) in [4.78, 5) is 70.9. The minimum atomic E-state index is -1.39. The van der Waals surface area contributed by atoms with Gasteiger partial charge in [0.05, 0.1) is 52.4 Å². The molecule has 2 aromatic heterocycles. The van der Waals surface area contributed by atoms with Crippen LogP contribution in [0.3, 0.4) is 0 Å². The number of benzene rings is 2. The Morgan fingerprint density at radius 1 is 0.721 bits per heavy atom. The van der Waals surface area contributed by atoms with Gasteiger partial charge in [0.25, 0.3) is 0 Å². The van der Waals surface area contributed by atoms with Crippen LogP contribution in [0.4, 0.5) is 20.2 Å². The number of anilines is 2. The van der Waals surface area contributed by atoms with Gasteiger partial charge in [0.1, 0.15) is 47.4 Å². The maximum atomic E-state index is 15.8. The number of carboxylic acids is 2. The van der Waals surface area contributed by atoms with E-state index in [9.17, 15) is 29.4 Å². The molecule has 2 aromatic carbocycles. The molecule has 0 spiro atoms. The molecule has 2 saturated heterocycles. The normalized spacial score (nSPS) is 22.3. The molecule has 0 amide bonds. The Bertz CT molecular complexity index is 2970. The van der Waals surface area contributed by atoms with Crippen molar-refractivity contribution >= 4 is 68.7 Å². The number of guanidine groups is 2. The number of piperazine rings is 2. The van der Waals surface area contributed by atoms with Crippen LogP contribution in [-0.2, 0) is 0 Å². The third-order valence-corrected chi connectivity index (χ3v) is 13.5. The Morgan fingerprint density at radius 2 is 1.16 bits per heavy atom. The molecule has 4 atom stereocenters. The maximum absolute atomic E-state index is 15.8. The largest absolute Gasteiger partial charge is 0.487 e. The van der Waals surface area contributed by atoms with Crippen LogP contribution < -0.4 is 47.3 Å². The smallest absolute Gasteiger partial charge is 0.341 e. The van der Waals surface area contributed by atoms with Crippen molar-refractivity contribution in [2.75, 3.05) is 75.4 Å². The molecule has 4 unspecified atom stereocenters. The molecule has 4 aliphatic heterocycles. The number of ether oxygens (including phenoxy) is 2. The van der Waals surface area contributed by atoms with Crippen LogP contribution in [-0.4, -0.2) is 142 Å². The second-order valence-corrected chi connectivity index (χ2v) is 17.9. The van der Waals surface area contributed by atoms with E-state index in [-0.39, 0.29) is 101 Å². The van der Waals surface area contributed by atoms with Crippen LogP contribution in [0, 0.1) is 17.0 Å². The van der Waals surface area contributed by atoms with Crippen molar-refractivity contribution in [3.63, 3.8) is 0 Å². The zero-order valence-electron chi connectivity index (χ0n) is 37.6. The first kappa shape index (κ1) is 45.7. The average molecular weight is 942 g/mol. The molecule has 4 aromatic rings. The number of aromatic carboxylic acids is 2. The fourth-order valence-electron chi connectivity index (χ4n) is 10.00. The van der Waals surface area contributed by atoms with Gasteiger partial charge in [-0.25, -0.2) is 23.4 Å². The number of halogens is 2. The molecule has 1 aliphatic carbocycles. The number of rotatable bonds is 8. The van der Waals surface area contributed by atoms with Crippen molar-refractivity contribution in [1.82, 2.24) is 18.9 Å². The van der Waals surface area contributed by atoms with E-state index in [4.69, 9.17) is 42.1 Å². The van der Waals surface area contributed by atoms with E-state index in [1.807, 2.05) is 23.6 Å². The Morgan fingerprint density at radius 3 is 1.62 bits per heavy atom. The molecule has 360 valence electrons. The molecule has 9 N–H and O–H groups in total. The van der Waals surface area contributed by atoms with Gasteiger partial charge in [-0.05, 0) is 38.8 Å². The van der Waals surface area contributed by atoms with E-state index in [1.165, 1.54) is 12.4 Å². The SMILES string of the molecule is CC1COc2c(N3CCN(C(=N)CC(N)=NC4CCCCC4N=C(N)N=C(N)N4CCN(c5c(F)cc6c(=O)c(C(=O)O)cn7c6c5OCC7C)CC4)CC3)c(F)cc3c(=O)c(C(=O)O)cn1c23. The number of hydrogen-bond acceptors (Lipinski definition) is 11. The monoisotopic (exact) mass is 941 g/mol. The number of pyridine rings is 2. The Balaban J connectivity index is 0.825. The molecular formula is C45H53F2N13O8. The summed E-state index contributed by atoms with van der Waals surface area (Å²) < 4.78 is 47.0.